The molecule has 1 aliphatic rings. The monoisotopic (exact) mass is 269 g/mol. The number of fused-ring (bicyclic) bond motifs is 1. The maximum absolute atomic E-state index is 12.3. The van der Waals surface area contributed by atoms with Crippen molar-refractivity contribution in [2.24, 2.45) is 0 Å². The number of nitrogens with zero attached hydrogens (tertiary/aromatic N) is 1. The summed E-state index contributed by atoms with van der Waals surface area (Å²) in [5.74, 6) is -0.109. The van der Waals surface area contributed by atoms with Crippen molar-refractivity contribution in [2.75, 3.05) is 17.2 Å². The minimum atomic E-state index is -0.250. The van der Waals surface area contributed by atoms with Crippen molar-refractivity contribution in [3.63, 3.8) is 0 Å². The molecule has 5 heteroatoms. The van der Waals surface area contributed by atoms with Gasteiger partial charge in [-0.05, 0) is 42.7 Å². The molecule has 2 heterocycles. The zero-order valence-corrected chi connectivity index (χ0v) is 10.9. The number of aromatic nitrogens is 1. The highest BCUT2D eigenvalue weighted by atomic mass is 16.3. The van der Waals surface area contributed by atoms with Crippen molar-refractivity contribution in [2.45, 2.75) is 12.8 Å². The minimum absolute atomic E-state index is 0.0382. The summed E-state index contributed by atoms with van der Waals surface area (Å²) in [6.45, 7) is 0.930. The highest BCUT2D eigenvalue weighted by molar-refractivity contribution is 6.06. The van der Waals surface area contributed by atoms with Gasteiger partial charge in [0.05, 0.1) is 0 Å². The average Bonchev–Trinajstić information content (AvgIpc) is 2.49. The zero-order valence-electron chi connectivity index (χ0n) is 10.9. The molecule has 1 amide bonds. The Balaban J connectivity index is 1.90. The third-order valence-corrected chi connectivity index (χ3v) is 3.36. The van der Waals surface area contributed by atoms with Crippen LogP contribution in [-0.4, -0.2) is 22.5 Å². The first-order chi connectivity index (χ1) is 9.75. The van der Waals surface area contributed by atoms with Crippen LogP contribution in [0, 0.1) is 0 Å². The van der Waals surface area contributed by atoms with Crippen molar-refractivity contribution < 1.29 is 9.90 Å². The summed E-state index contributed by atoms with van der Waals surface area (Å²) in [5.41, 5.74) is 2.65. The predicted molar refractivity (Wildman–Crippen MR) is 77.1 cm³/mol. The number of carbonyl (C=O) groups excluding carboxylic acids is 1. The van der Waals surface area contributed by atoms with Crippen LogP contribution in [0.3, 0.4) is 0 Å². The van der Waals surface area contributed by atoms with Gasteiger partial charge in [0.1, 0.15) is 0 Å². The van der Waals surface area contributed by atoms with Crippen LogP contribution in [0.4, 0.5) is 11.5 Å². The highest BCUT2D eigenvalue weighted by Gasteiger charge is 2.18. The van der Waals surface area contributed by atoms with Crippen LogP contribution in [0.5, 0.6) is 5.75 Å². The number of benzene rings is 1. The Kier molecular flexibility index (Phi) is 3.25. The molecule has 0 unspecified atom stereocenters. The topological polar surface area (TPSA) is 74.2 Å². The summed E-state index contributed by atoms with van der Waals surface area (Å²) < 4.78 is 0. The fraction of sp³-hybridized carbons (Fsp3) is 0.200. The molecule has 3 N–H and O–H groups in total. The van der Waals surface area contributed by atoms with E-state index in [2.05, 4.69) is 15.6 Å². The minimum Gasteiger partial charge on any atom is -0.504 e. The van der Waals surface area contributed by atoms with Gasteiger partial charge in [0.2, 0.25) is 0 Å². The SMILES string of the molecule is O=C(Nc1ncccc1O)c1cccc2c1CCCN2. The van der Waals surface area contributed by atoms with Gasteiger partial charge >= 0.3 is 0 Å². The van der Waals surface area contributed by atoms with E-state index in [1.54, 1.807) is 12.1 Å². The predicted octanol–water partition coefficient (Wildman–Crippen LogP) is 2.40. The number of hydrogen-bond donors (Lipinski definition) is 3. The van der Waals surface area contributed by atoms with Crippen molar-refractivity contribution >= 4 is 17.4 Å². The van der Waals surface area contributed by atoms with Gasteiger partial charge in [-0.2, -0.15) is 0 Å². The van der Waals surface area contributed by atoms with E-state index < -0.39 is 0 Å². The quantitative estimate of drug-likeness (QED) is 0.782. The molecule has 102 valence electrons. The average molecular weight is 269 g/mol. The normalized spacial score (nSPS) is 13.2. The molecule has 0 aliphatic carbocycles. The van der Waals surface area contributed by atoms with Crippen molar-refractivity contribution in [1.29, 1.82) is 0 Å². The van der Waals surface area contributed by atoms with Gasteiger partial charge in [-0.25, -0.2) is 4.98 Å². The first kappa shape index (κ1) is 12.5. The van der Waals surface area contributed by atoms with Crippen LogP contribution in [-0.2, 0) is 6.42 Å². The van der Waals surface area contributed by atoms with E-state index in [1.165, 1.54) is 12.3 Å². The van der Waals surface area contributed by atoms with Gasteiger partial charge in [0, 0.05) is 24.0 Å². The molecule has 0 radical (unpaired) electrons. The summed E-state index contributed by atoms with van der Waals surface area (Å²) in [6, 6.07) is 8.72. The van der Waals surface area contributed by atoms with E-state index in [1.807, 2.05) is 12.1 Å². The Bertz CT molecular complexity index is 655. The van der Waals surface area contributed by atoms with Crippen LogP contribution >= 0.6 is 0 Å². The molecule has 0 fully saturated rings. The second-order valence-electron chi connectivity index (χ2n) is 4.69. The Morgan fingerprint density at radius 1 is 1.30 bits per heavy atom. The molecule has 0 spiro atoms. The number of amides is 1. The number of rotatable bonds is 2. The summed E-state index contributed by atoms with van der Waals surface area (Å²) in [6.07, 6.45) is 3.41. The van der Waals surface area contributed by atoms with Gasteiger partial charge < -0.3 is 15.7 Å². The molecular weight excluding hydrogens is 254 g/mol. The number of hydrogen-bond acceptors (Lipinski definition) is 4. The van der Waals surface area contributed by atoms with E-state index in [4.69, 9.17) is 0 Å². The molecule has 3 rings (SSSR count). The molecular formula is C15H15N3O2. The molecule has 0 saturated carbocycles. The molecule has 1 aromatic carbocycles. The Labute approximate surface area is 116 Å². The van der Waals surface area contributed by atoms with E-state index in [-0.39, 0.29) is 17.5 Å². The summed E-state index contributed by atoms with van der Waals surface area (Å²) in [4.78, 5) is 16.3. The summed E-state index contributed by atoms with van der Waals surface area (Å²) in [5, 5.41) is 15.6. The number of anilines is 2. The molecule has 5 nitrogen and oxygen atoms in total. The van der Waals surface area contributed by atoms with Crippen LogP contribution in [0.15, 0.2) is 36.5 Å². The second kappa shape index (κ2) is 5.21. The lowest BCUT2D eigenvalue weighted by Crippen LogP contribution is -2.19. The third-order valence-electron chi connectivity index (χ3n) is 3.36. The van der Waals surface area contributed by atoms with Gasteiger partial charge in [-0.1, -0.05) is 6.07 Å². The largest absolute Gasteiger partial charge is 0.504 e. The maximum Gasteiger partial charge on any atom is 0.257 e. The maximum atomic E-state index is 12.3. The number of nitrogens with one attached hydrogen (secondary N) is 2. The lowest BCUT2D eigenvalue weighted by Gasteiger charge is -2.20. The molecule has 1 aromatic heterocycles. The van der Waals surface area contributed by atoms with Crippen LogP contribution < -0.4 is 10.6 Å². The van der Waals surface area contributed by atoms with Crippen molar-refractivity contribution in [1.82, 2.24) is 4.98 Å². The van der Waals surface area contributed by atoms with Gasteiger partial charge in [0.25, 0.3) is 5.91 Å². The van der Waals surface area contributed by atoms with Crippen LogP contribution in [0.1, 0.15) is 22.3 Å². The van der Waals surface area contributed by atoms with Gasteiger partial charge in [-0.3, -0.25) is 4.79 Å². The zero-order chi connectivity index (χ0) is 13.9. The lowest BCUT2D eigenvalue weighted by molar-refractivity contribution is 0.102. The first-order valence-electron chi connectivity index (χ1n) is 6.57. The lowest BCUT2D eigenvalue weighted by atomic mass is 9.97. The fourth-order valence-electron chi connectivity index (χ4n) is 2.39. The fourth-order valence-corrected chi connectivity index (χ4v) is 2.39. The molecule has 1 aliphatic heterocycles. The van der Waals surface area contributed by atoms with Crippen LogP contribution in [0.2, 0.25) is 0 Å². The summed E-state index contributed by atoms with van der Waals surface area (Å²) >= 11 is 0. The first-order valence-corrected chi connectivity index (χ1v) is 6.57. The number of carbonyl (C=O) groups is 1. The van der Waals surface area contributed by atoms with E-state index in [0.717, 1.165) is 30.6 Å². The third kappa shape index (κ3) is 2.30. The van der Waals surface area contributed by atoms with Gasteiger partial charge in [-0.15, -0.1) is 0 Å². The molecule has 20 heavy (non-hydrogen) atoms. The standard InChI is InChI=1S/C15H15N3O2/c19-13-7-3-9-17-14(13)18-15(20)11-4-1-6-12-10(11)5-2-8-16-12/h1,3-4,6-7,9,16,19H,2,5,8H2,(H,17,18,20). The smallest absolute Gasteiger partial charge is 0.257 e. The Hall–Kier alpha value is -2.56. The second-order valence-corrected chi connectivity index (χ2v) is 4.69. The van der Waals surface area contributed by atoms with Gasteiger partial charge in [0.15, 0.2) is 11.6 Å². The van der Waals surface area contributed by atoms with E-state index in [9.17, 15) is 9.90 Å². The molecule has 0 atom stereocenters. The summed E-state index contributed by atoms with van der Waals surface area (Å²) in [7, 11) is 0. The Morgan fingerprint density at radius 3 is 3.05 bits per heavy atom. The number of pyridine rings is 1. The molecule has 2 aromatic rings. The van der Waals surface area contributed by atoms with Crippen molar-refractivity contribution in [3.05, 3.63) is 47.7 Å². The van der Waals surface area contributed by atoms with E-state index in [0.29, 0.717) is 5.56 Å². The van der Waals surface area contributed by atoms with Crippen LogP contribution in [0.25, 0.3) is 0 Å². The van der Waals surface area contributed by atoms with Crippen molar-refractivity contribution in [3.8, 4) is 5.75 Å². The number of aromatic hydroxyl groups is 1. The Morgan fingerprint density at radius 2 is 2.20 bits per heavy atom. The molecule has 0 bridgehead atoms. The highest BCUT2D eigenvalue weighted by Crippen LogP contribution is 2.26. The molecule has 0 saturated heterocycles. The van der Waals surface area contributed by atoms with E-state index >= 15 is 0 Å².